The number of rotatable bonds is 3. The molecule has 0 unspecified atom stereocenters. The molecule has 88 valence electrons. The molecule has 1 N–H and O–H groups in total. The summed E-state index contributed by atoms with van der Waals surface area (Å²) in [6, 6.07) is 3.69. The predicted octanol–water partition coefficient (Wildman–Crippen LogP) is 1.35. The van der Waals surface area contributed by atoms with E-state index in [-0.39, 0.29) is 12.2 Å². The van der Waals surface area contributed by atoms with Gasteiger partial charge in [-0.25, -0.2) is 4.79 Å². The van der Waals surface area contributed by atoms with E-state index in [2.05, 4.69) is 4.74 Å². The number of esters is 1. The first-order valence-electron chi connectivity index (χ1n) is 4.60. The number of nitriles is 1. The maximum absolute atomic E-state index is 11.5. The third kappa shape index (κ3) is 2.31. The molecule has 0 atom stereocenters. The van der Waals surface area contributed by atoms with Gasteiger partial charge in [0, 0.05) is 0 Å². The van der Waals surface area contributed by atoms with Crippen molar-refractivity contribution in [2.45, 2.75) is 6.92 Å². The highest BCUT2D eigenvalue weighted by molar-refractivity contribution is 5.98. The number of hydrogen-bond donors (Lipinski definition) is 1. The van der Waals surface area contributed by atoms with Gasteiger partial charge in [0.05, 0.1) is 11.5 Å². The molecule has 17 heavy (non-hydrogen) atoms. The predicted molar refractivity (Wildman–Crippen MR) is 55.4 cm³/mol. The highest BCUT2D eigenvalue weighted by Gasteiger charge is 2.29. The van der Waals surface area contributed by atoms with Gasteiger partial charge in [0.2, 0.25) is 0 Å². The first kappa shape index (κ1) is 12.4. The zero-order valence-electron chi connectivity index (χ0n) is 8.84. The fraction of sp³-hybridized carbons (Fsp3) is 0.200. The average molecular weight is 236 g/mol. The van der Waals surface area contributed by atoms with Gasteiger partial charge in [0.15, 0.2) is 5.56 Å². The van der Waals surface area contributed by atoms with E-state index < -0.39 is 27.9 Å². The standard InChI is InChI=1S/C10H8N2O5/c1-2-17-10(14)8-7(13)4-3-6(5-11)9(8)12(15)16/h3-4,13H,2H2,1H3. The second-order valence-corrected chi connectivity index (χ2v) is 2.95. The summed E-state index contributed by atoms with van der Waals surface area (Å²) in [6.07, 6.45) is 0. The van der Waals surface area contributed by atoms with Crippen LogP contribution in [-0.2, 0) is 4.74 Å². The van der Waals surface area contributed by atoms with E-state index in [1.54, 1.807) is 6.07 Å². The quantitative estimate of drug-likeness (QED) is 0.481. The van der Waals surface area contributed by atoms with Crippen LogP contribution in [0.1, 0.15) is 22.8 Å². The van der Waals surface area contributed by atoms with Crippen LogP contribution in [0.4, 0.5) is 5.69 Å². The average Bonchev–Trinajstić information content (AvgIpc) is 2.28. The molecule has 1 rings (SSSR count). The number of hydrogen-bond acceptors (Lipinski definition) is 6. The third-order valence-electron chi connectivity index (χ3n) is 1.94. The lowest BCUT2D eigenvalue weighted by Crippen LogP contribution is -2.09. The number of nitro benzene ring substituents is 1. The van der Waals surface area contributed by atoms with Crippen molar-refractivity contribution in [1.29, 1.82) is 5.26 Å². The Morgan fingerprint density at radius 3 is 2.76 bits per heavy atom. The molecule has 0 radical (unpaired) electrons. The zero-order valence-corrected chi connectivity index (χ0v) is 8.84. The van der Waals surface area contributed by atoms with Crippen LogP contribution < -0.4 is 0 Å². The number of phenolic OH excluding ortho intramolecular Hbond substituents is 1. The van der Waals surface area contributed by atoms with Crippen molar-refractivity contribution in [2.75, 3.05) is 6.61 Å². The molecule has 0 heterocycles. The number of nitro groups is 1. The number of ether oxygens (including phenoxy) is 1. The van der Waals surface area contributed by atoms with E-state index in [0.717, 1.165) is 12.1 Å². The Morgan fingerprint density at radius 2 is 2.29 bits per heavy atom. The summed E-state index contributed by atoms with van der Waals surface area (Å²) in [7, 11) is 0. The minimum Gasteiger partial charge on any atom is -0.507 e. The molecular formula is C10H8N2O5. The van der Waals surface area contributed by atoms with Gasteiger partial charge in [-0.2, -0.15) is 5.26 Å². The number of benzene rings is 1. The molecule has 0 aliphatic heterocycles. The minimum absolute atomic E-state index is 0.00616. The van der Waals surface area contributed by atoms with Crippen LogP contribution in [0.5, 0.6) is 5.75 Å². The highest BCUT2D eigenvalue weighted by Crippen LogP contribution is 2.31. The van der Waals surface area contributed by atoms with Gasteiger partial charge in [-0.1, -0.05) is 0 Å². The number of phenols is 1. The monoisotopic (exact) mass is 236 g/mol. The number of carbonyl (C=O) groups excluding carboxylic acids is 1. The van der Waals surface area contributed by atoms with E-state index in [1.165, 1.54) is 6.92 Å². The maximum atomic E-state index is 11.5. The van der Waals surface area contributed by atoms with Crippen LogP contribution in [0.3, 0.4) is 0 Å². The molecule has 0 saturated carbocycles. The molecule has 0 amide bonds. The Balaban J connectivity index is 3.51. The molecule has 0 spiro atoms. The molecule has 7 nitrogen and oxygen atoms in total. The topological polar surface area (TPSA) is 113 Å². The first-order chi connectivity index (χ1) is 8.02. The van der Waals surface area contributed by atoms with Crippen molar-refractivity contribution in [3.63, 3.8) is 0 Å². The molecular weight excluding hydrogens is 228 g/mol. The largest absolute Gasteiger partial charge is 0.507 e. The van der Waals surface area contributed by atoms with Crippen molar-refractivity contribution in [1.82, 2.24) is 0 Å². The summed E-state index contributed by atoms with van der Waals surface area (Å²) in [5.41, 5.74) is -1.65. The van der Waals surface area contributed by atoms with Crippen molar-refractivity contribution in [3.05, 3.63) is 33.4 Å². The molecule has 0 fully saturated rings. The fourth-order valence-electron chi connectivity index (χ4n) is 1.26. The minimum atomic E-state index is -1.03. The summed E-state index contributed by atoms with van der Waals surface area (Å²) in [5, 5.41) is 28.9. The number of carbonyl (C=O) groups is 1. The lowest BCUT2D eigenvalue weighted by atomic mass is 10.1. The van der Waals surface area contributed by atoms with Crippen LogP contribution in [0.15, 0.2) is 12.1 Å². The lowest BCUT2D eigenvalue weighted by molar-refractivity contribution is -0.385. The smallest absolute Gasteiger partial charge is 0.349 e. The molecule has 1 aromatic carbocycles. The van der Waals surface area contributed by atoms with E-state index in [4.69, 9.17) is 5.26 Å². The van der Waals surface area contributed by atoms with Crippen LogP contribution in [0, 0.1) is 21.4 Å². The maximum Gasteiger partial charge on any atom is 0.349 e. The fourth-order valence-corrected chi connectivity index (χ4v) is 1.26. The van der Waals surface area contributed by atoms with Gasteiger partial charge in [-0.05, 0) is 19.1 Å². The van der Waals surface area contributed by atoms with Crippen molar-refractivity contribution < 1.29 is 19.6 Å². The summed E-state index contributed by atoms with van der Waals surface area (Å²) < 4.78 is 4.59. The lowest BCUT2D eigenvalue weighted by Gasteiger charge is -2.05. The van der Waals surface area contributed by atoms with Gasteiger partial charge in [-0.3, -0.25) is 10.1 Å². The van der Waals surface area contributed by atoms with Crippen LogP contribution in [0.25, 0.3) is 0 Å². The molecule has 0 aliphatic rings. The Morgan fingerprint density at radius 1 is 1.65 bits per heavy atom. The summed E-state index contributed by atoms with van der Waals surface area (Å²) in [5.74, 6) is -1.62. The molecule has 7 heteroatoms. The Labute approximate surface area is 96.0 Å². The second-order valence-electron chi connectivity index (χ2n) is 2.95. The van der Waals surface area contributed by atoms with Crippen molar-refractivity contribution in [2.24, 2.45) is 0 Å². The second kappa shape index (κ2) is 4.94. The van der Waals surface area contributed by atoms with Crippen molar-refractivity contribution >= 4 is 11.7 Å². The summed E-state index contributed by atoms with van der Waals surface area (Å²) in [4.78, 5) is 21.4. The number of nitrogens with zero attached hydrogens (tertiary/aromatic N) is 2. The third-order valence-corrected chi connectivity index (χ3v) is 1.94. The first-order valence-corrected chi connectivity index (χ1v) is 4.60. The Kier molecular flexibility index (Phi) is 3.62. The van der Waals surface area contributed by atoms with Crippen molar-refractivity contribution in [3.8, 4) is 11.8 Å². The van der Waals surface area contributed by atoms with Crippen LogP contribution >= 0.6 is 0 Å². The van der Waals surface area contributed by atoms with Gasteiger partial charge in [0.1, 0.15) is 17.4 Å². The highest BCUT2D eigenvalue weighted by atomic mass is 16.6. The van der Waals surface area contributed by atoms with Crippen LogP contribution in [0.2, 0.25) is 0 Å². The molecule has 0 saturated heterocycles. The molecule has 1 aromatic rings. The van der Waals surface area contributed by atoms with E-state index in [1.807, 2.05) is 0 Å². The van der Waals surface area contributed by atoms with Crippen LogP contribution in [-0.4, -0.2) is 22.6 Å². The zero-order chi connectivity index (χ0) is 13.0. The normalized spacial score (nSPS) is 9.41. The number of aromatic hydroxyl groups is 1. The van der Waals surface area contributed by atoms with Gasteiger partial charge in [-0.15, -0.1) is 0 Å². The van der Waals surface area contributed by atoms with Gasteiger partial charge in [0.25, 0.3) is 0 Å². The summed E-state index contributed by atoms with van der Waals surface area (Å²) in [6.45, 7) is 1.53. The Hall–Kier alpha value is -2.62. The van der Waals surface area contributed by atoms with E-state index in [0.29, 0.717) is 0 Å². The summed E-state index contributed by atoms with van der Waals surface area (Å²) >= 11 is 0. The molecule has 0 aliphatic carbocycles. The van der Waals surface area contributed by atoms with E-state index in [9.17, 15) is 20.0 Å². The SMILES string of the molecule is CCOC(=O)c1c(O)ccc(C#N)c1[N+](=O)[O-]. The Bertz CT molecular complexity index is 518. The van der Waals surface area contributed by atoms with E-state index >= 15 is 0 Å². The van der Waals surface area contributed by atoms with Gasteiger partial charge < -0.3 is 9.84 Å². The molecule has 0 aromatic heterocycles. The molecule has 0 bridgehead atoms. The van der Waals surface area contributed by atoms with Gasteiger partial charge >= 0.3 is 11.7 Å².